The first-order valence-electron chi connectivity index (χ1n) is 3.67. The quantitative estimate of drug-likeness (QED) is 0.704. The average molecular weight is 357 g/mol. The molecular weight excluding hydrogens is 348 g/mol. The summed E-state index contributed by atoms with van der Waals surface area (Å²) >= 11 is 10.3. The number of halogens is 3. The van der Waals surface area contributed by atoms with Gasteiger partial charge in [-0.15, -0.1) is 0 Å². The summed E-state index contributed by atoms with van der Waals surface area (Å²) in [4.78, 5) is 0. The van der Waals surface area contributed by atoms with E-state index in [1.54, 1.807) is 0 Å². The largest absolute Gasteiger partial charge is 0.0946 e. The van der Waals surface area contributed by atoms with Gasteiger partial charge in [-0.05, 0) is 17.5 Å². The highest BCUT2D eigenvalue weighted by Gasteiger charge is 2.00. The Hall–Kier alpha value is 0.660. The summed E-state index contributed by atoms with van der Waals surface area (Å²) in [7, 11) is 0. The number of rotatable bonds is 3. The zero-order valence-corrected chi connectivity index (χ0v) is 11.2. The van der Waals surface area contributed by atoms with Crippen LogP contribution >= 0.6 is 47.8 Å². The van der Waals surface area contributed by atoms with Crippen molar-refractivity contribution in [1.29, 1.82) is 0 Å². The van der Waals surface area contributed by atoms with Gasteiger partial charge in [0.05, 0.1) is 3.74 Å². The molecule has 0 radical (unpaired) electrons. The molecular formula is C9H9Br3. The van der Waals surface area contributed by atoms with Gasteiger partial charge in [-0.3, -0.25) is 0 Å². The zero-order valence-electron chi connectivity index (χ0n) is 6.43. The van der Waals surface area contributed by atoms with E-state index in [0.717, 1.165) is 11.8 Å². The van der Waals surface area contributed by atoms with E-state index in [9.17, 15) is 0 Å². The van der Waals surface area contributed by atoms with E-state index in [-0.39, 0.29) is 3.74 Å². The molecule has 0 amide bonds. The van der Waals surface area contributed by atoms with E-state index in [0.29, 0.717) is 0 Å². The van der Waals surface area contributed by atoms with Crippen LogP contribution in [0.25, 0.3) is 0 Å². The predicted octanol–water partition coefficient (Wildman–Crippen LogP) is 4.41. The molecule has 0 aliphatic heterocycles. The molecule has 0 spiro atoms. The third-order valence-corrected chi connectivity index (χ3v) is 3.07. The first kappa shape index (κ1) is 10.7. The van der Waals surface area contributed by atoms with E-state index < -0.39 is 0 Å². The first-order chi connectivity index (χ1) is 5.74. The Morgan fingerprint density at radius 1 is 1.08 bits per heavy atom. The lowest BCUT2D eigenvalue weighted by Gasteiger charge is -2.03. The minimum atomic E-state index is 0.267. The molecule has 0 atom stereocenters. The smallest absolute Gasteiger partial charge is 0.0924 e. The minimum absolute atomic E-state index is 0.267. The maximum absolute atomic E-state index is 3.45. The second-order valence-corrected chi connectivity index (χ2v) is 6.33. The summed E-state index contributed by atoms with van der Waals surface area (Å²) in [6.45, 7) is 0. The van der Waals surface area contributed by atoms with Crippen molar-refractivity contribution in [1.82, 2.24) is 0 Å². The van der Waals surface area contributed by atoms with Crippen LogP contribution in [0.15, 0.2) is 24.3 Å². The molecule has 66 valence electrons. The molecule has 0 saturated heterocycles. The average Bonchev–Trinajstić information content (AvgIpc) is 2.06. The second kappa shape index (κ2) is 5.40. The Kier molecular flexibility index (Phi) is 4.84. The number of alkyl halides is 3. The third-order valence-electron chi connectivity index (χ3n) is 1.61. The molecule has 0 nitrogen and oxygen atoms in total. The van der Waals surface area contributed by atoms with Crippen LogP contribution in [0.1, 0.15) is 14.9 Å². The normalized spacial score (nSPS) is 10.7. The SMILES string of the molecule is BrCCc1ccc(C(Br)Br)cc1. The molecule has 0 aromatic heterocycles. The van der Waals surface area contributed by atoms with Crippen LogP contribution in [-0.4, -0.2) is 5.33 Å². The Bertz CT molecular complexity index is 228. The van der Waals surface area contributed by atoms with E-state index in [1.807, 2.05) is 0 Å². The molecule has 12 heavy (non-hydrogen) atoms. The second-order valence-electron chi connectivity index (χ2n) is 2.48. The van der Waals surface area contributed by atoms with Gasteiger partial charge in [-0.25, -0.2) is 0 Å². The van der Waals surface area contributed by atoms with Crippen LogP contribution < -0.4 is 0 Å². The van der Waals surface area contributed by atoms with Crippen molar-refractivity contribution in [3.8, 4) is 0 Å². The van der Waals surface area contributed by atoms with Crippen molar-refractivity contribution < 1.29 is 0 Å². The molecule has 0 aliphatic carbocycles. The van der Waals surface area contributed by atoms with Crippen molar-refractivity contribution in [3.05, 3.63) is 35.4 Å². The number of hydrogen-bond acceptors (Lipinski definition) is 0. The molecule has 1 aromatic rings. The van der Waals surface area contributed by atoms with E-state index in [2.05, 4.69) is 72.1 Å². The summed E-state index contributed by atoms with van der Waals surface area (Å²) in [5, 5.41) is 1.03. The molecule has 1 rings (SSSR count). The van der Waals surface area contributed by atoms with Crippen molar-refractivity contribution in [2.45, 2.75) is 10.2 Å². The molecule has 1 aromatic carbocycles. The van der Waals surface area contributed by atoms with Crippen LogP contribution in [0.5, 0.6) is 0 Å². The summed E-state index contributed by atoms with van der Waals surface area (Å²) in [6.07, 6.45) is 1.09. The maximum Gasteiger partial charge on any atom is 0.0946 e. The topological polar surface area (TPSA) is 0 Å². The number of aryl methyl sites for hydroxylation is 1. The lowest BCUT2D eigenvalue weighted by molar-refractivity contribution is 1.16. The van der Waals surface area contributed by atoms with E-state index in [4.69, 9.17) is 0 Å². The Labute approximate surface area is 98.1 Å². The van der Waals surface area contributed by atoms with E-state index >= 15 is 0 Å². The highest BCUT2D eigenvalue weighted by atomic mass is 79.9. The molecule has 0 fully saturated rings. The van der Waals surface area contributed by atoms with Crippen LogP contribution in [-0.2, 0) is 6.42 Å². The molecule has 0 heterocycles. The third kappa shape index (κ3) is 3.19. The number of benzene rings is 1. The maximum atomic E-state index is 3.45. The highest BCUT2D eigenvalue weighted by molar-refractivity contribution is 9.24. The van der Waals surface area contributed by atoms with E-state index in [1.165, 1.54) is 11.1 Å². The lowest BCUT2D eigenvalue weighted by Crippen LogP contribution is -1.86. The Morgan fingerprint density at radius 2 is 1.67 bits per heavy atom. The van der Waals surface area contributed by atoms with Gasteiger partial charge < -0.3 is 0 Å². The molecule has 0 aliphatic rings. The van der Waals surface area contributed by atoms with Gasteiger partial charge in [0, 0.05) is 5.33 Å². The fraction of sp³-hybridized carbons (Fsp3) is 0.333. The van der Waals surface area contributed by atoms with Crippen LogP contribution in [0.3, 0.4) is 0 Å². The van der Waals surface area contributed by atoms with Gasteiger partial charge in [0.15, 0.2) is 0 Å². The van der Waals surface area contributed by atoms with Crippen LogP contribution in [0, 0.1) is 0 Å². The number of hydrogen-bond donors (Lipinski definition) is 0. The fourth-order valence-electron chi connectivity index (χ4n) is 0.939. The van der Waals surface area contributed by atoms with Gasteiger partial charge in [0.25, 0.3) is 0 Å². The Morgan fingerprint density at radius 3 is 2.08 bits per heavy atom. The molecule has 3 heteroatoms. The standard InChI is InChI=1S/C9H9Br3/c10-6-5-7-1-3-8(4-2-7)9(11)12/h1-4,9H,5-6H2. The van der Waals surface area contributed by atoms with Gasteiger partial charge in [0.1, 0.15) is 0 Å². The fourth-order valence-corrected chi connectivity index (χ4v) is 2.01. The molecule has 0 saturated carbocycles. The molecule has 0 unspecified atom stereocenters. The predicted molar refractivity (Wildman–Crippen MR) is 64.5 cm³/mol. The molecule has 0 bridgehead atoms. The Balaban J connectivity index is 2.71. The van der Waals surface area contributed by atoms with Gasteiger partial charge in [-0.1, -0.05) is 72.1 Å². The first-order valence-corrected chi connectivity index (χ1v) is 6.62. The van der Waals surface area contributed by atoms with Crippen LogP contribution in [0.2, 0.25) is 0 Å². The van der Waals surface area contributed by atoms with Crippen molar-refractivity contribution >= 4 is 47.8 Å². The van der Waals surface area contributed by atoms with Crippen molar-refractivity contribution in [2.75, 3.05) is 5.33 Å². The summed E-state index contributed by atoms with van der Waals surface area (Å²) in [5.41, 5.74) is 2.63. The monoisotopic (exact) mass is 354 g/mol. The van der Waals surface area contributed by atoms with Gasteiger partial charge >= 0.3 is 0 Å². The van der Waals surface area contributed by atoms with Gasteiger partial charge in [0.2, 0.25) is 0 Å². The van der Waals surface area contributed by atoms with Gasteiger partial charge in [-0.2, -0.15) is 0 Å². The van der Waals surface area contributed by atoms with Crippen LogP contribution in [0.4, 0.5) is 0 Å². The molecule has 0 N–H and O–H groups in total. The minimum Gasteiger partial charge on any atom is -0.0924 e. The highest BCUT2D eigenvalue weighted by Crippen LogP contribution is 2.28. The van der Waals surface area contributed by atoms with Crippen molar-refractivity contribution in [3.63, 3.8) is 0 Å². The summed E-state index contributed by atoms with van der Waals surface area (Å²) in [5.74, 6) is 0. The summed E-state index contributed by atoms with van der Waals surface area (Å²) in [6, 6.07) is 8.58. The zero-order chi connectivity index (χ0) is 8.97. The lowest BCUT2D eigenvalue weighted by atomic mass is 10.1. The summed E-state index contributed by atoms with van der Waals surface area (Å²) < 4.78 is 0.267. The van der Waals surface area contributed by atoms with Crippen molar-refractivity contribution in [2.24, 2.45) is 0 Å².